The van der Waals surface area contributed by atoms with Crippen molar-refractivity contribution < 1.29 is 4.79 Å². The van der Waals surface area contributed by atoms with Gasteiger partial charge in [0, 0.05) is 11.7 Å². The van der Waals surface area contributed by atoms with E-state index in [2.05, 4.69) is 38.8 Å². The summed E-state index contributed by atoms with van der Waals surface area (Å²) in [6.45, 7) is 6.07. The lowest BCUT2D eigenvalue weighted by Gasteiger charge is -2.36. The maximum absolute atomic E-state index is 12.1. The molecule has 2 rings (SSSR count). The van der Waals surface area contributed by atoms with E-state index < -0.39 is 0 Å². The number of benzene rings is 1. The Hall–Kier alpha value is -1.67. The maximum Gasteiger partial charge on any atom is 0.321 e. The topological polar surface area (TPSA) is 89.2 Å². The second-order valence-corrected chi connectivity index (χ2v) is 6.33. The van der Waals surface area contributed by atoms with Crippen molar-refractivity contribution in [3.63, 3.8) is 0 Å². The van der Waals surface area contributed by atoms with Gasteiger partial charge >= 0.3 is 6.03 Å². The number of nitrogens with one attached hydrogen (secondary N) is 6. The van der Waals surface area contributed by atoms with E-state index in [1.165, 1.54) is 0 Å². The summed E-state index contributed by atoms with van der Waals surface area (Å²) in [5.41, 5.74) is 1.95. The van der Waals surface area contributed by atoms with Crippen LogP contribution in [0.5, 0.6) is 0 Å². The molecular formula is C17H30N6O. The van der Waals surface area contributed by atoms with E-state index in [0.717, 1.165) is 37.2 Å². The minimum absolute atomic E-state index is 0.183. The van der Waals surface area contributed by atoms with Crippen LogP contribution in [0.3, 0.4) is 0 Å². The van der Waals surface area contributed by atoms with Crippen LogP contribution < -0.4 is 31.9 Å². The van der Waals surface area contributed by atoms with Crippen LogP contribution in [0.2, 0.25) is 0 Å². The van der Waals surface area contributed by atoms with Crippen molar-refractivity contribution in [3.05, 3.63) is 29.8 Å². The fourth-order valence-electron chi connectivity index (χ4n) is 2.73. The molecule has 7 heteroatoms. The normalized spacial score (nSPS) is 23.7. The van der Waals surface area contributed by atoms with Crippen LogP contribution >= 0.6 is 0 Å². The molecule has 3 unspecified atom stereocenters. The minimum Gasteiger partial charge on any atom is -0.320 e. The van der Waals surface area contributed by atoms with E-state index in [-0.39, 0.29) is 18.5 Å². The molecule has 0 radical (unpaired) electrons. The fraction of sp³-hybridized carbons (Fsp3) is 0.588. The van der Waals surface area contributed by atoms with Crippen molar-refractivity contribution in [1.29, 1.82) is 0 Å². The second-order valence-electron chi connectivity index (χ2n) is 6.33. The fourth-order valence-corrected chi connectivity index (χ4v) is 2.73. The molecule has 0 aliphatic carbocycles. The number of anilines is 1. The van der Waals surface area contributed by atoms with E-state index in [4.69, 9.17) is 0 Å². The van der Waals surface area contributed by atoms with Crippen LogP contribution in [-0.2, 0) is 0 Å². The molecule has 3 atom stereocenters. The largest absolute Gasteiger partial charge is 0.321 e. The Morgan fingerprint density at radius 2 is 1.96 bits per heavy atom. The highest BCUT2D eigenvalue weighted by Gasteiger charge is 2.25. The monoisotopic (exact) mass is 334 g/mol. The van der Waals surface area contributed by atoms with Gasteiger partial charge in [-0.05, 0) is 59.0 Å². The Labute approximate surface area is 144 Å². The summed E-state index contributed by atoms with van der Waals surface area (Å²) in [7, 11) is 1.96. The SMILES string of the molecule is CNCCCNC1CC(C)NC(NC(=O)Nc2ccc(C)cc2)N1. The van der Waals surface area contributed by atoms with Crippen molar-refractivity contribution in [2.45, 2.75) is 45.2 Å². The van der Waals surface area contributed by atoms with Crippen LogP contribution in [0, 0.1) is 6.92 Å². The third-order valence-electron chi connectivity index (χ3n) is 3.99. The lowest BCUT2D eigenvalue weighted by molar-refractivity contribution is 0.193. The van der Waals surface area contributed by atoms with Gasteiger partial charge < -0.3 is 21.3 Å². The average molecular weight is 334 g/mol. The number of carbonyl (C=O) groups excluding carboxylic acids is 1. The standard InChI is InChI=1S/C17H30N6O/c1-12-5-7-14(8-6-12)21-17(24)23-16-20-13(2)11-15(22-16)19-10-4-9-18-3/h5-8,13,15-16,18-20,22H,4,9-11H2,1-3H3,(H2,21,23,24). The molecule has 134 valence electrons. The third kappa shape index (κ3) is 6.45. The first-order valence-corrected chi connectivity index (χ1v) is 8.61. The lowest BCUT2D eigenvalue weighted by atomic mass is 10.1. The number of carbonyl (C=O) groups is 1. The highest BCUT2D eigenvalue weighted by Crippen LogP contribution is 2.08. The quantitative estimate of drug-likeness (QED) is 0.417. The Kier molecular flexibility index (Phi) is 7.45. The average Bonchev–Trinajstić information content (AvgIpc) is 2.53. The molecule has 1 aromatic rings. The van der Waals surface area contributed by atoms with Crippen molar-refractivity contribution >= 4 is 11.7 Å². The van der Waals surface area contributed by atoms with Gasteiger partial charge in [-0.25, -0.2) is 4.79 Å². The number of rotatable bonds is 7. The molecule has 1 aliphatic heterocycles. The zero-order valence-corrected chi connectivity index (χ0v) is 14.8. The van der Waals surface area contributed by atoms with Crippen molar-refractivity contribution in [2.75, 3.05) is 25.5 Å². The number of aryl methyl sites for hydroxylation is 1. The highest BCUT2D eigenvalue weighted by molar-refractivity contribution is 5.89. The molecule has 2 amide bonds. The smallest absolute Gasteiger partial charge is 0.320 e. The van der Waals surface area contributed by atoms with E-state index in [1.54, 1.807) is 0 Å². The van der Waals surface area contributed by atoms with Gasteiger partial charge in [-0.2, -0.15) is 0 Å². The molecule has 1 heterocycles. The van der Waals surface area contributed by atoms with Gasteiger partial charge in [-0.1, -0.05) is 17.7 Å². The summed E-state index contributed by atoms with van der Waals surface area (Å²) in [5, 5.41) is 19.1. The Balaban J connectivity index is 1.77. The molecule has 1 aliphatic rings. The van der Waals surface area contributed by atoms with Crippen LogP contribution in [0.1, 0.15) is 25.3 Å². The summed E-state index contributed by atoms with van der Waals surface area (Å²) < 4.78 is 0. The number of urea groups is 1. The maximum atomic E-state index is 12.1. The van der Waals surface area contributed by atoms with E-state index in [9.17, 15) is 4.79 Å². The molecule has 6 N–H and O–H groups in total. The lowest BCUT2D eigenvalue weighted by Crippen LogP contribution is -2.67. The van der Waals surface area contributed by atoms with Crippen LogP contribution in [0.25, 0.3) is 0 Å². The predicted octanol–water partition coefficient (Wildman–Crippen LogP) is 0.897. The van der Waals surface area contributed by atoms with Gasteiger partial charge in [0.25, 0.3) is 0 Å². The van der Waals surface area contributed by atoms with Gasteiger partial charge in [0.1, 0.15) is 6.29 Å². The second kappa shape index (κ2) is 9.58. The van der Waals surface area contributed by atoms with Gasteiger partial charge in [0.15, 0.2) is 0 Å². The molecule has 0 aromatic heterocycles. The first-order valence-electron chi connectivity index (χ1n) is 8.61. The molecule has 0 spiro atoms. The Bertz CT molecular complexity index is 506. The molecule has 24 heavy (non-hydrogen) atoms. The number of hydrogen-bond donors (Lipinski definition) is 6. The highest BCUT2D eigenvalue weighted by atomic mass is 16.2. The van der Waals surface area contributed by atoms with Gasteiger partial charge in [0.2, 0.25) is 0 Å². The van der Waals surface area contributed by atoms with E-state index >= 15 is 0 Å². The van der Waals surface area contributed by atoms with E-state index in [1.807, 2.05) is 38.2 Å². The molecule has 1 aromatic carbocycles. The van der Waals surface area contributed by atoms with Gasteiger partial charge in [-0.15, -0.1) is 0 Å². The predicted molar refractivity (Wildman–Crippen MR) is 97.8 cm³/mol. The van der Waals surface area contributed by atoms with Crippen molar-refractivity contribution in [3.8, 4) is 0 Å². The first kappa shape index (κ1) is 18.7. The third-order valence-corrected chi connectivity index (χ3v) is 3.99. The first-order chi connectivity index (χ1) is 11.6. The van der Waals surface area contributed by atoms with E-state index in [0.29, 0.717) is 6.04 Å². The summed E-state index contributed by atoms with van der Waals surface area (Å²) in [5.74, 6) is 0. The molecule has 1 fully saturated rings. The molecular weight excluding hydrogens is 304 g/mol. The van der Waals surface area contributed by atoms with Crippen LogP contribution in [-0.4, -0.2) is 44.7 Å². The minimum atomic E-state index is -0.263. The van der Waals surface area contributed by atoms with Crippen molar-refractivity contribution in [2.24, 2.45) is 0 Å². The zero-order valence-electron chi connectivity index (χ0n) is 14.8. The summed E-state index contributed by atoms with van der Waals surface area (Å²) in [6, 6.07) is 7.82. The summed E-state index contributed by atoms with van der Waals surface area (Å²) in [4.78, 5) is 12.1. The summed E-state index contributed by atoms with van der Waals surface area (Å²) in [6.07, 6.45) is 1.96. The molecule has 0 saturated carbocycles. The van der Waals surface area contributed by atoms with Crippen LogP contribution in [0.15, 0.2) is 24.3 Å². The van der Waals surface area contributed by atoms with Gasteiger partial charge in [-0.3, -0.25) is 10.6 Å². The molecule has 7 nitrogen and oxygen atoms in total. The van der Waals surface area contributed by atoms with Gasteiger partial charge in [0.05, 0.1) is 6.17 Å². The Morgan fingerprint density at radius 1 is 1.21 bits per heavy atom. The van der Waals surface area contributed by atoms with Crippen LogP contribution in [0.4, 0.5) is 10.5 Å². The van der Waals surface area contributed by atoms with Crippen molar-refractivity contribution in [1.82, 2.24) is 26.6 Å². The zero-order chi connectivity index (χ0) is 17.4. The Morgan fingerprint density at radius 3 is 2.67 bits per heavy atom. The summed E-state index contributed by atoms with van der Waals surface area (Å²) >= 11 is 0. The number of amides is 2. The molecule has 1 saturated heterocycles. The molecule has 0 bridgehead atoms. The number of hydrogen-bond acceptors (Lipinski definition) is 5.